The van der Waals surface area contributed by atoms with Crippen LogP contribution in [0.5, 0.6) is 0 Å². The van der Waals surface area contributed by atoms with E-state index in [-0.39, 0.29) is 5.41 Å². The Morgan fingerprint density at radius 3 is 2.82 bits per heavy atom. The van der Waals surface area contributed by atoms with E-state index in [0.717, 1.165) is 24.2 Å². The van der Waals surface area contributed by atoms with Crippen LogP contribution in [0.2, 0.25) is 5.02 Å². The second-order valence-corrected chi connectivity index (χ2v) is 5.15. The minimum absolute atomic E-state index is 0.100. The highest BCUT2D eigenvalue weighted by atomic mass is 35.5. The molecule has 1 aliphatic rings. The van der Waals surface area contributed by atoms with Crippen molar-refractivity contribution in [3.63, 3.8) is 0 Å². The van der Waals surface area contributed by atoms with Gasteiger partial charge in [-0.25, -0.2) is 0 Å². The van der Waals surface area contributed by atoms with Crippen LogP contribution >= 0.6 is 11.6 Å². The van der Waals surface area contributed by atoms with Crippen molar-refractivity contribution in [3.8, 4) is 11.5 Å². The summed E-state index contributed by atoms with van der Waals surface area (Å²) in [6.07, 6.45) is 2.23. The van der Waals surface area contributed by atoms with Crippen LogP contribution in [0.4, 0.5) is 5.69 Å². The van der Waals surface area contributed by atoms with Gasteiger partial charge in [-0.15, -0.1) is 0 Å². The zero-order chi connectivity index (χ0) is 12.0. The molecule has 5 heteroatoms. The lowest BCUT2D eigenvalue weighted by Crippen LogP contribution is -2.02. The predicted molar refractivity (Wildman–Crippen MR) is 65.7 cm³/mol. The van der Waals surface area contributed by atoms with Crippen molar-refractivity contribution in [2.45, 2.75) is 25.2 Å². The highest BCUT2D eigenvalue weighted by Gasteiger charge is 2.43. The minimum atomic E-state index is 0.100. The number of aromatic nitrogens is 2. The monoisotopic (exact) mass is 249 g/mol. The fourth-order valence-corrected chi connectivity index (χ4v) is 1.90. The molecular formula is C12H12ClN3O. The van der Waals surface area contributed by atoms with Crippen LogP contribution in [-0.2, 0) is 5.41 Å². The maximum atomic E-state index is 5.88. The number of nitrogens with zero attached hydrogens (tertiary/aromatic N) is 2. The molecule has 0 amide bonds. The predicted octanol–water partition coefficient (Wildman–Crippen LogP) is 3.02. The lowest BCUT2D eigenvalue weighted by Gasteiger charge is -2.00. The quantitative estimate of drug-likeness (QED) is 0.831. The number of benzene rings is 1. The second kappa shape index (κ2) is 3.47. The van der Waals surface area contributed by atoms with E-state index in [1.807, 2.05) is 0 Å². The number of hydrogen-bond donors (Lipinski definition) is 1. The molecule has 1 saturated carbocycles. The summed E-state index contributed by atoms with van der Waals surface area (Å²) in [5.41, 5.74) is 7.26. The van der Waals surface area contributed by atoms with Crippen LogP contribution in [0.25, 0.3) is 11.5 Å². The van der Waals surface area contributed by atoms with Gasteiger partial charge in [0.2, 0.25) is 0 Å². The summed E-state index contributed by atoms with van der Waals surface area (Å²) in [6, 6.07) is 5.24. The van der Waals surface area contributed by atoms with Gasteiger partial charge in [0, 0.05) is 16.1 Å². The summed E-state index contributed by atoms with van der Waals surface area (Å²) in [5.74, 6) is 1.23. The average Bonchev–Trinajstić information content (AvgIpc) is 2.85. The van der Waals surface area contributed by atoms with Gasteiger partial charge < -0.3 is 10.3 Å². The van der Waals surface area contributed by atoms with Crippen LogP contribution in [0, 0.1) is 0 Å². The molecule has 1 fully saturated rings. The highest BCUT2D eigenvalue weighted by molar-refractivity contribution is 6.31. The first kappa shape index (κ1) is 10.6. The topological polar surface area (TPSA) is 64.9 Å². The lowest BCUT2D eigenvalue weighted by molar-refractivity contribution is 0.416. The van der Waals surface area contributed by atoms with Crippen molar-refractivity contribution in [2.24, 2.45) is 0 Å². The molecule has 0 bridgehead atoms. The van der Waals surface area contributed by atoms with Gasteiger partial charge in [-0.05, 0) is 31.0 Å². The van der Waals surface area contributed by atoms with E-state index < -0.39 is 0 Å². The molecule has 17 heavy (non-hydrogen) atoms. The Kier molecular flexibility index (Phi) is 2.16. The third kappa shape index (κ3) is 1.78. The fraction of sp³-hybridized carbons (Fsp3) is 0.333. The first-order valence-electron chi connectivity index (χ1n) is 5.48. The van der Waals surface area contributed by atoms with Crippen molar-refractivity contribution in [1.82, 2.24) is 10.1 Å². The molecule has 0 aliphatic heterocycles. The summed E-state index contributed by atoms with van der Waals surface area (Å²) < 4.78 is 5.25. The molecule has 88 valence electrons. The Hall–Kier alpha value is -1.55. The lowest BCUT2D eigenvalue weighted by atomic mass is 10.1. The van der Waals surface area contributed by atoms with E-state index in [9.17, 15) is 0 Å². The largest absolute Gasteiger partial charge is 0.398 e. The molecule has 2 aromatic rings. The van der Waals surface area contributed by atoms with E-state index >= 15 is 0 Å². The molecule has 0 atom stereocenters. The third-order valence-electron chi connectivity index (χ3n) is 3.21. The van der Waals surface area contributed by atoms with E-state index in [4.69, 9.17) is 21.9 Å². The zero-order valence-electron chi connectivity index (χ0n) is 9.40. The first-order chi connectivity index (χ1) is 8.08. The van der Waals surface area contributed by atoms with Gasteiger partial charge in [-0.3, -0.25) is 0 Å². The fourth-order valence-electron chi connectivity index (χ4n) is 1.72. The van der Waals surface area contributed by atoms with Crippen molar-refractivity contribution in [2.75, 3.05) is 5.73 Å². The number of halogens is 1. The average molecular weight is 250 g/mol. The molecule has 1 heterocycles. The normalized spacial score (nSPS) is 17.1. The van der Waals surface area contributed by atoms with Gasteiger partial charge in [0.05, 0.1) is 5.56 Å². The van der Waals surface area contributed by atoms with Crippen LogP contribution < -0.4 is 5.73 Å². The maximum absolute atomic E-state index is 5.88. The number of nitrogens with two attached hydrogens (primary N) is 1. The third-order valence-corrected chi connectivity index (χ3v) is 3.44. The van der Waals surface area contributed by atoms with Crippen LogP contribution in [0.1, 0.15) is 25.6 Å². The van der Waals surface area contributed by atoms with E-state index in [2.05, 4.69) is 17.1 Å². The number of anilines is 1. The Bertz CT molecular complexity index is 575. The molecule has 0 saturated heterocycles. The van der Waals surface area contributed by atoms with Crippen molar-refractivity contribution in [1.29, 1.82) is 0 Å². The smallest absolute Gasteiger partial charge is 0.260 e. The molecule has 4 nitrogen and oxygen atoms in total. The van der Waals surface area contributed by atoms with Gasteiger partial charge >= 0.3 is 0 Å². The van der Waals surface area contributed by atoms with Gasteiger partial charge in [0.1, 0.15) is 0 Å². The van der Waals surface area contributed by atoms with Crippen molar-refractivity contribution < 1.29 is 4.52 Å². The molecule has 0 unspecified atom stereocenters. The molecular weight excluding hydrogens is 238 g/mol. The van der Waals surface area contributed by atoms with E-state index in [1.54, 1.807) is 18.2 Å². The van der Waals surface area contributed by atoms with Gasteiger partial charge in [-0.2, -0.15) is 4.98 Å². The molecule has 0 spiro atoms. The van der Waals surface area contributed by atoms with Crippen LogP contribution in [0.15, 0.2) is 22.7 Å². The SMILES string of the molecule is CC1(c2noc(-c3ccc(Cl)cc3N)n2)CC1. The molecule has 1 aliphatic carbocycles. The number of rotatable bonds is 2. The Morgan fingerprint density at radius 2 is 2.18 bits per heavy atom. The van der Waals surface area contributed by atoms with E-state index in [0.29, 0.717) is 16.6 Å². The summed E-state index contributed by atoms with van der Waals surface area (Å²) in [4.78, 5) is 4.40. The Morgan fingerprint density at radius 1 is 1.41 bits per heavy atom. The highest BCUT2D eigenvalue weighted by Crippen LogP contribution is 2.46. The molecule has 1 aromatic carbocycles. The van der Waals surface area contributed by atoms with E-state index in [1.165, 1.54) is 0 Å². The summed E-state index contributed by atoms with van der Waals surface area (Å²) in [7, 11) is 0. The Balaban J connectivity index is 2.01. The zero-order valence-corrected chi connectivity index (χ0v) is 10.2. The molecule has 3 rings (SSSR count). The summed E-state index contributed by atoms with van der Waals surface area (Å²) in [6.45, 7) is 2.13. The van der Waals surface area contributed by atoms with Gasteiger partial charge in [-0.1, -0.05) is 23.7 Å². The molecule has 0 radical (unpaired) electrons. The van der Waals surface area contributed by atoms with Gasteiger partial charge in [0.25, 0.3) is 5.89 Å². The summed E-state index contributed by atoms with van der Waals surface area (Å²) >= 11 is 5.85. The maximum Gasteiger partial charge on any atom is 0.260 e. The number of nitrogen functional groups attached to an aromatic ring is 1. The summed E-state index contributed by atoms with van der Waals surface area (Å²) in [5, 5.41) is 4.61. The first-order valence-corrected chi connectivity index (χ1v) is 5.86. The van der Waals surface area contributed by atoms with Crippen LogP contribution in [0.3, 0.4) is 0 Å². The minimum Gasteiger partial charge on any atom is -0.398 e. The number of hydrogen-bond acceptors (Lipinski definition) is 4. The second-order valence-electron chi connectivity index (χ2n) is 4.72. The van der Waals surface area contributed by atoms with Crippen LogP contribution in [-0.4, -0.2) is 10.1 Å². The van der Waals surface area contributed by atoms with Crippen molar-refractivity contribution >= 4 is 17.3 Å². The van der Waals surface area contributed by atoms with Gasteiger partial charge in [0.15, 0.2) is 5.82 Å². The van der Waals surface area contributed by atoms with Crippen molar-refractivity contribution in [3.05, 3.63) is 29.0 Å². The molecule has 1 aromatic heterocycles. The Labute approximate surface area is 104 Å². The standard InChI is InChI=1S/C12H12ClN3O/c1-12(4-5-12)11-15-10(17-16-11)8-3-2-7(13)6-9(8)14/h2-3,6H,4-5,14H2,1H3. The molecule has 2 N–H and O–H groups in total.